The lowest BCUT2D eigenvalue weighted by molar-refractivity contribution is -0.135. The monoisotopic (exact) mass is 382 g/mol. The lowest BCUT2D eigenvalue weighted by atomic mass is 9.73. The quantitative estimate of drug-likeness (QED) is 0.710. The Balaban J connectivity index is 1.73. The van der Waals surface area contributed by atoms with Gasteiger partial charge in [-0.15, -0.1) is 0 Å². The van der Waals surface area contributed by atoms with Crippen molar-refractivity contribution in [1.29, 1.82) is 0 Å². The summed E-state index contributed by atoms with van der Waals surface area (Å²) in [6.45, 7) is 0.592. The van der Waals surface area contributed by atoms with Gasteiger partial charge in [-0.2, -0.15) is 0 Å². The van der Waals surface area contributed by atoms with Gasteiger partial charge in [0.25, 0.3) is 5.91 Å². The fraction of sp³-hybridized carbons (Fsp3) is 0.286. The van der Waals surface area contributed by atoms with Gasteiger partial charge in [-0.25, -0.2) is 0 Å². The van der Waals surface area contributed by atoms with Gasteiger partial charge in [-0.05, 0) is 42.7 Å². The van der Waals surface area contributed by atoms with Crippen LogP contribution in [0.1, 0.15) is 28.8 Å². The van der Waals surface area contributed by atoms with Gasteiger partial charge in [0, 0.05) is 24.5 Å². The number of benzene rings is 2. The molecule has 3 rings (SSSR count). The van der Waals surface area contributed by atoms with Crippen molar-refractivity contribution in [3.05, 3.63) is 65.7 Å². The van der Waals surface area contributed by atoms with Gasteiger partial charge in [0.05, 0.1) is 5.41 Å². The Kier molecular flexibility index (Phi) is 6.06. The third-order valence-electron chi connectivity index (χ3n) is 4.91. The Morgan fingerprint density at radius 2 is 1.61 bits per heavy atom. The van der Waals surface area contributed by atoms with Crippen LogP contribution in [0.15, 0.2) is 54.6 Å². The summed E-state index contributed by atoms with van der Waals surface area (Å²) < 4.78 is 5.46. The lowest BCUT2D eigenvalue weighted by Crippen LogP contribution is -2.44. The highest BCUT2D eigenvalue weighted by atomic mass is 16.5. The summed E-state index contributed by atoms with van der Waals surface area (Å²) in [5.41, 5.74) is 1.20. The smallest absolute Gasteiger partial charge is 0.322 e. The van der Waals surface area contributed by atoms with Crippen LogP contribution < -0.4 is 10.6 Å². The average molecular weight is 382 g/mol. The van der Waals surface area contributed by atoms with Gasteiger partial charge in [0.15, 0.2) is 0 Å². The summed E-state index contributed by atoms with van der Waals surface area (Å²) in [7, 11) is 0. The van der Waals surface area contributed by atoms with Gasteiger partial charge in [-0.1, -0.05) is 30.3 Å². The van der Waals surface area contributed by atoms with Gasteiger partial charge < -0.3 is 20.5 Å². The van der Waals surface area contributed by atoms with Crippen molar-refractivity contribution in [2.24, 2.45) is 0 Å². The zero-order valence-corrected chi connectivity index (χ0v) is 15.3. The summed E-state index contributed by atoms with van der Waals surface area (Å²) in [6, 6.07) is 16.0. The van der Waals surface area contributed by atoms with Crippen LogP contribution in [0.5, 0.6) is 0 Å². The maximum absolute atomic E-state index is 13.2. The van der Waals surface area contributed by atoms with E-state index < -0.39 is 23.8 Å². The molecule has 1 heterocycles. The second-order valence-corrected chi connectivity index (χ2v) is 6.67. The van der Waals surface area contributed by atoms with E-state index in [9.17, 15) is 14.4 Å². The predicted molar refractivity (Wildman–Crippen MR) is 103 cm³/mol. The van der Waals surface area contributed by atoms with Crippen LogP contribution in [0, 0.1) is 0 Å². The van der Waals surface area contributed by atoms with Crippen molar-refractivity contribution < 1.29 is 24.2 Å². The molecule has 146 valence electrons. The molecule has 2 aromatic rings. The SMILES string of the molecule is O=C(O)CNC(=O)c1ccc(NC(=O)C2(c3ccccc3)CCOCC2)cc1. The highest BCUT2D eigenvalue weighted by Crippen LogP contribution is 2.36. The van der Waals surface area contributed by atoms with Crippen molar-refractivity contribution in [3.63, 3.8) is 0 Å². The molecule has 1 saturated heterocycles. The zero-order chi connectivity index (χ0) is 20.0. The first-order chi connectivity index (χ1) is 13.5. The molecule has 1 aliphatic rings. The Morgan fingerprint density at radius 3 is 2.21 bits per heavy atom. The first-order valence-corrected chi connectivity index (χ1v) is 9.06. The van der Waals surface area contributed by atoms with E-state index in [0.29, 0.717) is 37.3 Å². The van der Waals surface area contributed by atoms with Crippen LogP contribution in [0.2, 0.25) is 0 Å². The summed E-state index contributed by atoms with van der Waals surface area (Å²) in [4.78, 5) is 35.6. The third kappa shape index (κ3) is 4.37. The Hall–Kier alpha value is -3.19. The third-order valence-corrected chi connectivity index (χ3v) is 4.91. The average Bonchev–Trinajstić information content (AvgIpc) is 2.73. The molecule has 2 amide bonds. The number of carboxylic acid groups (broad SMARTS) is 1. The van der Waals surface area contributed by atoms with Crippen LogP contribution in [-0.2, 0) is 19.7 Å². The first-order valence-electron chi connectivity index (χ1n) is 9.06. The molecule has 0 aliphatic carbocycles. The molecule has 7 nitrogen and oxygen atoms in total. The molecular weight excluding hydrogens is 360 g/mol. The molecule has 3 N–H and O–H groups in total. The normalized spacial score (nSPS) is 15.4. The Labute approximate surface area is 162 Å². The first kappa shape index (κ1) is 19.6. The number of ether oxygens (including phenoxy) is 1. The summed E-state index contributed by atoms with van der Waals surface area (Å²) in [6.07, 6.45) is 1.19. The van der Waals surface area contributed by atoms with Gasteiger partial charge in [0.1, 0.15) is 6.54 Å². The number of nitrogens with one attached hydrogen (secondary N) is 2. The van der Waals surface area contributed by atoms with Crippen molar-refractivity contribution in [3.8, 4) is 0 Å². The molecule has 0 bridgehead atoms. The second-order valence-electron chi connectivity index (χ2n) is 6.67. The fourth-order valence-electron chi connectivity index (χ4n) is 3.34. The molecule has 1 fully saturated rings. The topological polar surface area (TPSA) is 105 Å². The van der Waals surface area contributed by atoms with Crippen molar-refractivity contribution in [2.75, 3.05) is 25.1 Å². The zero-order valence-electron chi connectivity index (χ0n) is 15.3. The number of carbonyl (C=O) groups is 3. The molecule has 2 aromatic carbocycles. The molecule has 0 radical (unpaired) electrons. The number of aliphatic carboxylic acids is 1. The largest absolute Gasteiger partial charge is 0.480 e. The molecular formula is C21H22N2O5. The number of amides is 2. The number of anilines is 1. The van der Waals surface area contributed by atoms with Gasteiger partial charge >= 0.3 is 5.97 Å². The summed E-state index contributed by atoms with van der Waals surface area (Å²) in [5, 5.41) is 13.9. The number of hydrogen-bond donors (Lipinski definition) is 3. The van der Waals surface area contributed by atoms with E-state index in [-0.39, 0.29) is 5.91 Å². The molecule has 1 aliphatic heterocycles. The number of carboxylic acids is 1. The van der Waals surface area contributed by atoms with Crippen LogP contribution in [0.25, 0.3) is 0 Å². The van der Waals surface area contributed by atoms with Crippen LogP contribution in [0.3, 0.4) is 0 Å². The van der Waals surface area contributed by atoms with Gasteiger partial charge in [0.2, 0.25) is 5.91 Å². The van der Waals surface area contributed by atoms with E-state index in [1.54, 1.807) is 24.3 Å². The van der Waals surface area contributed by atoms with E-state index >= 15 is 0 Å². The predicted octanol–water partition coefficient (Wildman–Crippen LogP) is 2.19. The van der Waals surface area contributed by atoms with E-state index in [1.807, 2.05) is 30.3 Å². The van der Waals surface area contributed by atoms with Gasteiger partial charge in [-0.3, -0.25) is 14.4 Å². The van der Waals surface area contributed by atoms with E-state index in [2.05, 4.69) is 10.6 Å². The number of carbonyl (C=O) groups excluding carboxylic acids is 2. The highest BCUT2D eigenvalue weighted by molar-refractivity contribution is 6.00. The summed E-state index contributed by atoms with van der Waals surface area (Å²) in [5.74, 6) is -1.70. The van der Waals surface area contributed by atoms with E-state index in [0.717, 1.165) is 5.56 Å². The minimum absolute atomic E-state index is 0.106. The second kappa shape index (κ2) is 8.67. The van der Waals surface area contributed by atoms with Crippen LogP contribution in [-0.4, -0.2) is 42.6 Å². The van der Waals surface area contributed by atoms with E-state index in [1.165, 1.54) is 0 Å². The maximum Gasteiger partial charge on any atom is 0.322 e. The minimum Gasteiger partial charge on any atom is -0.480 e. The molecule has 0 unspecified atom stereocenters. The molecule has 28 heavy (non-hydrogen) atoms. The molecule has 0 spiro atoms. The van der Waals surface area contributed by atoms with Crippen LogP contribution >= 0.6 is 0 Å². The van der Waals surface area contributed by atoms with Crippen molar-refractivity contribution in [2.45, 2.75) is 18.3 Å². The number of rotatable bonds is 6. The summed E-state index contributed by atoms with van der Waals surface area (Å²) >= 11 is 0. The van der Waals surface area contributed by atoms with E-state index in [4.69, 9.17) is 9.84 Å². The standard InChI is InChI=1S/C21H22N2O5/c24-18(25)14-22-19(26)15-6-8-17(9-7-15)23-20(27)21(10-12-28-13-11-21)16-4-2-1-3-5-16/h1-9H,10-14H2,(H,22,26)(H,23,27)(H,24,25). The maximum atomic E-state index is 13.2. The lowest BCUT2D eigenvalue weighted by Gasteiger charge is -2.36. The molecule has 7 heteroatoms. The van der Waals surface area contributed by atoms with Crippen molar-refractivity contribution in [1.82, 2.24) is 5.32 Å². The fourth-order valence-corrected chi connectivity index (χ4v) is 3.34. The molecule has 0 saturated carbocycles. The number of hydrogen-bond acceptors (Lipinski definition) is 4. The molecule has 0 atom stereocenters. The minimum atomic E-state index is -1.11. The van der Waals surface area contributed by atoms with Crippen LogP contribution in [0.4, 0.5) is 5.69 Å². The van der Waals surface area contributed by atoms with Crippen molar-refractivity contribution >= 4 is 23.5 Å². The Bertz CT molecular complexity index is 843. The Morgan fingerprint density at radius 1 is 0.964 bits per heavy atom. The molecule has 0 aromatic heterocycles. The highest BCUT2D eigenvalue weighted by Gasteiger charge is 2.41.